The maximum atomic E-state index is 12.0. The molecule has 1 unspecified atom stereocenters. The molecule has 0 saturated carbocycles. The molecule has 0 radical (unpaired) electrons. The third-order valence-electron chi connectivity index (χ3n) is 2.86. The van der Waals surface area contributed by atoms with Crippen molar-refractivity contribution in [3.05, 3.63) is 18.2 Å². The molecule has 106 valence electrons. The standard InChI is InChI=1S/C13H21N3O3/c1-4-9(12-14-5-6-15-12)16-10(17)7-13(2,3)8-11(18)19/h5-6,9H,4,7-8H2,1-3H3,(H,14,15)(H,16,17)(H,18,19). The maximum absolute atomic E-state index is 12.0. The minimum absolute atomic E-state index is 0.0298. The van der Waals surface area contributed by atoms with Gasteiger partial charge in [-0.3, -0.25) is 9.59 Å². The second-order valence-electron chi connectivity index (χ2n) is 5.41. The third kappa shape index (κ3) is 5.11. The molecule has 1 heterocycles. The zero-order valence-corrected chi connectivity index (χ0v) is 11.6. The van der Waals surface area contributed by atoms with E-state index in [1.807, 2.05) is 6.92 Å². The van der Waals surface area contributed by atoms with Crippen LogP contribution in [-0.4, -0.2) is 27.0 Å². The molecule has 3 N–H and O–H groups in total. The molecule has 19 heavy (non-hydrogen) atoms. The van der Waals surface area contributed by atoms with Crippen molar-refractivity contribution < 1.29 is 14.7 Å². The molecule has 1 rings (SSSR count). The normalized spacial score (nSPS) is 13.0. The molecular formula is C13H21N3O3. The number of hydrogen-bond acceptors (Lipinski definition) is 3. The van der Waals surface area contributed by atoms with Crippen molar-refractivity contribution in [2.24, 2.45) is 5.41 Å². The van der Waals surface area contributed by atoms with Crippen molar-refractivity contribution in [3.63, 3.8) is 0 Å². The molecule has 1 aromatic rings. The lowest BCUT2D eigenvalue weighted by Gasteiger charge is -2.23. The van der Waals surface area contributed by atoms with Gasteiger partial charge >= 0.3 is 5.97 Å². The first-order chi connectivity index (χ1) is 8.84. The Kier molecular flexibility index (Phi) is 5.09. The molecule has 1 atom stereocenters. The summed E-state index contributed by atoms with van der Waals surface area (Å²) in [4.78, 5) is 29.8. The van der Waals surface area contributed by atoms with Crippen molar-refractivity contribution in [2.45, 2.75) is 46.1 Å². The first-order valence-corrected chi connectivity index (χ1v) is 6.34. The molecule has 0 spiro atoms. The number of aromatic nitrogens is 2. The molecule has 0 bridgehead atoms. The van der Waals surface area contributed by atoms with E-state index in [0.717, 1.165) is 6.42 Å². The highest BCUT2D eigenvalue weighted by Gasteiger charge is 2.26. The van der Waals surface area contributed by atoms with Crippen LogP contribution >= 0.6 is 0 Å². The highest BCUT2D eigenvalue weighted by molar-refractivity contribution is 5.78. The lowest BCUT2D eigenvalue weighted by Crippen LogP contribution is -2.33. The van der Waals surface area contributed by atoms with E-state index >= 15 is 0 Å². The van der Waals surface area contributed by atoms with Crippen LogP contribution in [0.25, 0.3) is 0 Å². The molecular weight excluding hydrogens is 246 g/mol. The lowest BCUT2D eigenvalue weighted by molar-refractivity contribution is -0.139. The minimum atomic E-state index is -0.893. The van der Waals surface area contributed by atoms with Crippen LogP contribution in [0.5, 0.6) is 0 Å². The van der Waals surface area contributed by atoms with E-state index in [1.54, 1.807) is 26.2 Å². The zero-order chi connectivity index (χ0) is 14.5. The number of carbonyl (C=O) groups excluding carboxylic acids is 1. The summed E-state index contributed by atoms with van der Waals surface area (Å²) >= 11 is 0. The fraction of sp³-hybridized carbons (Fsp3) is 0.615. The van der Waals surface area contributed by atoms with Gasteiger partial charge in [0.15, 0.2) is 0 Å². The van der Waals surface area contributed by atoms with Crippen molar-refractivity contribution >= 4 is 11.9 Å². The Morgan fingerprint density at radius 3 is 2.63 bits per heavy atom. The number of hydrogen-bond donors (Lipinski definition) is 3. The number of amides is 1. The van der Waals surface area contributed by atoms with E-state index in [1.165, 1.54) is 0 Å². The summed E-state index contributed by atoms with van der Waals surface area (Å²) in [7, 11) is 0. The number of imidazole rings is 1. The largest absolute Gasteiger partial charge is 0.481 e. The lowest BCUT2D eigenvalue weighted by atomic mass is 9.85. The monoisotopic (exact) mass is 267 g/mol. The summed E-state index contributed by atoms with van der Waals surface area (Å²) < 4.78 is 0. The van der Waals surface area contributed by atoms with E-state index in [9.17, 15) is 9.59 Å². The minimum Gasteiger partial charge on any atom is -0.481 e. The Balaban J connectivity index is 2.57. The van der Waals surface area contributed by atoms with E-state index < -0.39 is 11.4 Å². The first-order valence-electron chi connectivity index (χ1n) is 6.34. The number of rotatable bonds is 7. The van der Waals surface area contributed by atoms with Gasteiger partial charge in [-0.05, 0) is 11.8 Å². The van der Waals surface area contributed by atoms with Crippen LogP contribution in [0.3, 0.4) is 0 Å². The van der Waals surface area contributed by atoms with Crippen molar-refractivity contribution in [3.8, 4) is 0 Å². The van der Waals surface area contributed by atoms with Crippen LogP contribution in [0.2, 0.25) is 0 Å². The van der Waals surface area contributed by atoms with Crippen molar-refractivity contribution in [2.75, 3.05) is 0 Å². The van der Waals surface area contributed by atoms with Gasteiger partial charge in [0.05, 0.1) is 12.5 Å². The van der Waals surface area contributed by atoms with Crippen LogP contribution in [-0.2, 0) is 9.59 Å². The molecule has 0 saturated heterocycles. The second-order valence-corrected chi connectivity index (χ2v) is 5.41. The number of carbonyl (C=O) groups is 2. The molecule has 0 fully saturated rings. The van der Waals surface area contributed by atoms with Crippen LogP contribution in [0, 0.1) is 5.41 Å². The predicted octanol–water partition coefficient (Wildman–Crippen LogP) is 1.87. The number of aliphatic carboxylic acids is 1. The maximum Gasteiger partial charge on any atom is 0.303 e. The molecule has 0 aliphatic heterocycles. The van der Waals surface area contributed by atoms with E-state index in [-0.39, 0.29) is 24.8 Å². The average Bonchev–Trinajstić information content (AvgIpc) is 2.76. The summed E-state index contributed by atoms with van der Waals surface area (Å²) in [6, 6.07) is -0.164. The topological polar surface area (TPSA) is 95.1 Å². The molecule has 1 aromatic heterocycles. The highest BCUT2D eigenvalue weighted by atomic mass is 16.4. The van der Waals surface area contributed by atoms with Gasteiger partial charge in [-0.15, -0.1) is 0 Å². The molecule has 0 aromatic carbocycles. The Morgan fingerprint density at radius 1 is 1.47 bits per heavy atom. The zero-order valence-electron chi connectivity index (χ0n) is 11.6. The number of carboxylic acids is 1. The Labute approximate surface area is 112 Å². The third-order valence-corrected chi connectivity index (χ3v) is 2.86. The van der Waals surface area contributed by atoms with E-state index in [4.69, 9.17) is 5.11 Å². The van der Waals surface area contributed by atoms with Gasteiger partial charge in [0.1, 0.15) is 5.82 Å². The summed E-state index contributed by atoms with van der Waals surface area (Å²) in [6.45, 7) is 5.50. The Hall–Kier alpha value is -1.85. The van der Waals surface area contributed by atoms with E-state index in [2.05, 4.69) is 15.3 Å². The van der Waals surface area contributed by atoms with E-state index in [0.29, 0.717) is 5.82 Å². The average molecular weight is 267 g/mol. The Morgan fingerprint density at radius 2 is 2.16 bits per heavy atom. The number of aromatic amines is 1. The van der Waals surface area contributed by atoms with Gasteiger partial charge < -0.3 is 15.4 Å². The number of nitrogens with one attached hydrogen (secondary N) is 2. The fourth-order valence-corrected chi connectivity index (χ4v) is 1.98. The van der Waals surface area contributed by atoms with Gasteiger partial charge in [-0.25, -0.2) is 4.98 Å². The number of H-pyrrole nitrogens is 1. The van der Waals surface area contributed by atoms with Crippen LogP contribution in [0.4, 0.5) is 0 Å². The predicted molar refractivity (Wildman–Crippen MR) is 70.4 cm³/mol. The highest BCUT2D eigenvalue weighted by Crippen LogP contribution is 2.25. The van der Waals surface area contributed by atoms with Gasteiger partial charge in [0.25, 0.3) is 0 Å². The summed E-state index contributed by atoms with van der Waals surface area (Å²) in [5.74, 6) is -0.336. The quantitative estimate of drug-likeness (QED) is 0.702. The molecule has 0 aliphatic rings. The number of carboxylic acid groups (broad SMARTS) is 1. The first kappa shape index (κ1) is 15.2. The molecule has 1 amide bonds. The van der Waals surface area contributed by atoms with Crippen molar-refractivity contribution in [1.29, 1.82) is 0 Å². The Bertz CT molecular complexity index is 426. The van der Waals surface area contributed by atoms with Crippen LogP contribution in [0.15, 0.2) is 12.4 Å². The van der Waals surface area contributed by atoms with Crippen LogP contribution < -0.4 is 5.32 Å². The molecule has 6 heteroatoms. The van der Waals surface area contributed by atoms with Gasteiger partial charge in [-0.1, -0.05) is 20.8 Å². The van der Waals surface area contributed by atoms with Gasteiger partial charge in [0, 0.05) is 18.8 Å². The summed E-state index contributed by atoms with van der Waals surface area (Å²) in [6.07, 6.45) is 4.21. The second kappa shape index (κ2) is 6.36. The van der Waals surface area contributed by atoms with Crippen molar-refractivity contribution in [1.82, 2.24) is 15.3 Å². The summed E-state index contributed by atoms with van der Waals surface area (Å²) in [5, 5.41) is 11.7. The molecule has 6 nitrogen and oxygen atoms in total. The SMILES string of the molecule is CCC(NC(=O)CC(C)(C)CC(=O)O)c1ncc[nH]1. The molecule has 0 aliphatic carbocycles. The number of nitrogens with zero attached hydrogens (tertiary/aromatic N) is 1. The summed E-state index contributed by atoms with van der Waals surface area (Å²) in [5.41, 5.74) is -0.558. The van der Waals surface area contributed by atoms with Gasteiger partial charge in [0.2, 0.25) is 5.91 Å². The van der Waals surface area contributed by atoms with Crippen LogP contribution in [0.1, 0.15) is 51.9 Å². The fourth-order valence-electron chi connectivity index (χ4n) is 1.98. The van der Waals surface area contributed by atoms with Gasteiger partial charge in [-0.2, -0.15) is 0 Å². The smallest absolute Gasteiger partial charge is 0.303 e.